The maximum atomic E-state index is 13.5. The number of para-hydroxylation sites is 2. The summed E-state index contributed by atoms with van der Waals surface area (Å²) in [6.45, 7) is 5.19. The van der Waals surface area contributed by atoms with Crippen molar-refractivity contribution in [3.8, 4) is 11.5 Å². The molecule has 27 heteroatoms. The molecule has 4 aromatic rings. The number of thioether (sulfide) groups is 2. The van der Waals surface area contributed by atoms with Crippen molar-refractivity contribution in [1.29, 1.82) is 0 Å². The molecule has 2 unspecified atom stereocenters. The predicted octanol–water partition coefficient (Wildman–Crippen LogP) is 4.15. The number of nitrogens with one attached hydrogen (secondary N) is 2. The maximum Gasteiger partial charge on any atom is 0.459 e. The zero-order chi connectivity index (χ0) is 51.5. The molecule has 9 N–H and O–H groups in total. The lowest BCUT2D eigenvalue weighted by Crippen LogP contribution is -2.44. The van der Waals surface area contributed by atoms with E-state index >= 15 is 0 Å². The van der Waals surface area contributed by atoms with Gasteiger partial charge in [-0.2, -0.15) is 33.5 Å². The molecule has 0 bridgehead atoms. The number of ether oxygens (including phenoxy) is 2. The average Bonchev–Trinajstić information content (AvgIpc) is 3.70. The van der Waals surface area contributed by atoms with Crippen molar-refractivity contribution in [2.45, 2.75) is 100.0 Å². The van der Waals surface area contributed by atoms with E-state index in [0.29, 0.717) is 5.75 Å². The van der Waals surface area contributed by atoms with Gasteiger partial charge in [0.25, 0.3) is 0 Å². The van der Waals surface area contributed by atoms with Gasteiger partial charge in [-0.1, -0.05) is 36.4 Å². The Hall–Kier alpha value is -4.13. The molecule has 12 atom stereocenters. The molecular formula is C42H59ClN8O14P2S2. The van der Waals surface area contributed by atoms with E-state index in [-0.39, 0.29) is 42.2 Å². The molecule has 69 heavy (non-hydrogen) atoms. The van der Waals surface area contributed by atoms with Crippen molar-refractivity contribution >= 4 is 72.6 Å². The maximum absolute atomic E-state index is 13.5. The summed E-state index contributed by atoms with van der Waals surface area (Å²) in [5.41, 5.74) is 9.86. The number of carbonyl (C=O) groups excluding carboxylic acids is 2. The quantitative estimate of drug-likeness (QED) is 0.0688. The molecule has 0 saturated carbocycles. The summed E-state index contributed by atoms with van der Waals surface area (Å²) in [5.74, 6) is 0.442. The summed E-state index contributed by atoms with van der Waals surface area (Å²) in [7, 11) is -4.05. The van der Waals surface area contributed by atoms with Crippen molar-refractivity contribution in [1.82, 2.24) is 29.3 Å². The fourth-order valence-corrected chi connectivity index (χ4v) is 11.4. The Bertz CT molecular complexity index is 2580. The third-order valence-corrected chi connectivity index (χ3v) is 16.9. The van der Waals surface area contributed by atoms with E-state index in [0.717, 1.165) is 0 Å². The van der Waals surface area contributed by atoms with Crippen LogP contribution in [0.4, 0.5) is 11.6 Å². The first-order chi connectivity index (χ1) is 32.3. The number of hydrogen-bond acceptors (Lipinski definition) is 20. The van der Waals surface area contributed by atoms with E-state index in [9.17, 15) is 43.6 Å². The molecule has 6 rings (SSSR count). The molecule has 2 fully saturated rings. The SMILES string of the molecule is CC(=O)[C@H](C)NP(=O)(Cl)Oc1ccccc1.CS[C@]1(C)[C@H](O)[C@@H](CO)O[C@H]1n1ccc(N)nc1=O.CS[C@]1(C)[C@H](O)[C@@H](COP(=O)(N[C@@H](C)C(C)=O)Oc2ccccc2)O[C@H]1n1ccc(N)nc1=O. The van der Waals surface area contributed by atoms with Crippen molar-refractivity contribution in [2.75, 3.05) is 37.2 Å². The van der Waals surface area contributed by atoms with Gasteiger partial charge in [0.05, 0.1) is 34.8 Å². The molecule has 0 amide bonds. The summed E-state index contributed by atoms with van der Waals surface area (Å²) in [6, 6.07) is 18.4. The van der Waals surface area contributed by atoms with Crippen LogP contribution >= 0.6 is 49.4 Å². The molecule has 0 spiro atoms. The number of halogens is 1. The number of ketones is 2. The minimum Gasteiger partial charge on any atom is -0.422 e. The van der Waals surface area contributed by atoms with Gasteiger partial charge in [0, 0.05) is 23.6 Å². The van der Waals surface area contributed by atoms with Gasteiger partial charge in [-0.3, -0.25) is 23.2 Å². The van der Waals surface area contributed by atoms with E-state index in [1.807, 2.05) is 6.26 Å². The molecule has 2 aliphatic heterocycles. The summed E-state index contributed by atoms with van der Waals surface area (Å²) >= 11 is 8.36. The van der Waals surface area contributed by atoms with Crippen LogP contribution in [0.15, 0.2) is 94.8 Å². The van der Waals surface area contributed by atoms with Crippen LogP contribution in [0.5, 0.6) is 11.5 Å². The number of Topliss-reactive ketones (excluding diaryl/α,β-unsaturated/α-hetero) is 2. The number of benzene rings is 2. The molecule has 4 heterocycles. The van der Waals surface area contributed by atoms with Gasteiger partial charge in [-0.25, -0.2) is 28.9 Å². The number of aliphatic hydroxyl groups excluding tert-OH is 3. The Morgan fingerprint density at radius 1 is 0.768 bits per heavy atom. The summed E-state index contributed by atoms with van der Waals surface area (Å²) in [4.78, 5) is 54.4. The lowest BCUT2D eigenvalue weighted by atomic mass is 10.0. The van der Waals surface area contributed by atoms with Crippen LogP contribution in [0.3, 0.4) is 0 Å². The van der Waals surface area contributed by atoms with Crippen LogP contribution in [0, 0.1) is 0 Å². The van der Waals surface area contributed by atoms with E-state index in [2.05, 4.69) is 20.1 Å². The average molecular weight is 1060 g/mol. The van der Waals surface area contributed by atoms with Crippen LogP contribution in [0.2, 0.25) is 0 Å². The molecule has 2 aromatic carbocycles. The largest absolute Gasteiger partial charge is 0.459 e. The third kappa shape index (κ3) is 15.0. The molecule has 2 aliphatic rings. The minimum absolute atomic E-state index is 0.0650. The second-order valence-electron chi connectivity index (χ2n) is 16.0. The Balaban J connectivity index is 0.000000249. The number of nitrogens with two attached hydrogens (primary N) is 2. The van der Waals surface area contributed by atoms with Crippen LogP contribution < -0.4 is 42.1 Å². The summed E-state index contributed by atoms with van der Waals surface area (Å²) in [6.07, 6.45) is 1.22. The van der Waals surface area contributed by atoms with Gasteiger partial charge in [-0.05, 0) is 90.5 Å². The van der Waals surface area contributed by atoms with Gasteiger partial charge in [0.2, 0.25) is 0 Å². The van der Waals surface area contributed by atoms with Gasteiger partial charge in [-0.15, -0.1) is 0 Å². The third-order valence-electron chi connectivity index (χ3n) is 11.0. The normalized spacial score (nSPS) is 26.7. The van der Waals surface area contributed by atoms with Gasteiger partial charge < -0.3 is 45.3 Å². The Morgan fingerprint density at radius 2 is 1.17 bits per heavy atom. The van der Waals surface area contributed by atoms with Gasteiger partial charge >= 0.3 is 26.0 Å². The standard InChI is InChI=1S/C21H29N4O7PS.C11H17N3O4S.C10H13ClNO3P/c1-13(14(2)26)24-33(29,32-15-8-6-5-7-9-15)30-12-16-18(27)21(3,34-4)19(31-16)25-11-10-17(22)23-20(25)28;1-11(19-2)8(16)6(5-15)18-9(11)14-4-3-7(12)13-10(14)17;1-8(9(2)13)12-16(11,14)15-10-6-4-3-5-7-10/h5-11,13,16,18-19,27H,12H2,1-4H3,(H,24,29)(H2,22,23,28);3-4,6,8-9,15-16H,5H2,1-2H3,(H2,12,13,17);3-8H,1-2H3,(H,12,14)/t13-,16+,18+,19+,21+,33?;6-,8-,9-,11-;8-,16?/m010/s1. The van der Waals surface area contributed by atoms with Gasteiger partial charge in [0.1, 0.15) is 59.1 Å². The fourth-order valence-electron chi connectivity index (χ4n) is 6.56. The van der Waals surface area contributed by atoms with Gasteiger partial charge in [0.15, 0.2) is 12.5 Å². The summed E-state index contributed by atoms with van der Waals surface area (Å²) in [5, 5.41) is 35.6. The lowest BCUT2D eigenvalue weighted by Gasteiger charge is -2.31. The number of rotatable bonds is 18. The Morgan fingerprint density at radius 3 is 1.58 bits per heavy atom. The first-order valence-electron chi connectivity index (χ1n) is 21.0. The fraction of sp³-hybridized carbons (Fsp3) is 0.476. The molecular weight excluding hydrogens is 1000 g/mol. The number of aromatic nitrogens is 4. The van der Waals surface area contributed by atoms with Crippen LogP contribution in [0.25, 0.3) is 0 Å². The molecule has 0 radical (unpaired) electrons. The monoisotopic (exact) mass is 1060 g/mol. The molecule has 0 aliphatic carbocycles. The number of nitrogen functional groups attached to an aromatic ring is 2. The molecule has 2 aromatic heterocycles. The molecule has 22 nitrogen and oxygen atoms in total. The van der Waals surface area contributed by atoms with E-state index in [1.54, 1.807) is 87.7 Å². The van der Waals surface area contributed by atoms with E-state index in [4.69, 9.17) is 45.8 Å². The zero-order valence-electron chi connectivity index (χ0n) is 39.0. The smallest absolute Gasteiger partial charge is 0.422 e. The molecule has 2 saturated heterocycles. The second-order valence-corrected chi connectivity index (χ2v) is 23.0. The van der Waals surface area contributed by atoms with Crippen molar-refractivity contribution in [2.24, 2.45) is 0 Å². The predicted molar refractivity (Wildman–Crippen MR) is 264 cm³/mol. The highest BCUT2D eigenvalue weighted by molar-refractivity contribution is 8.00. The van der Waals surface area contributed by atoms with Crippen molar-refractivity contribution in [3.05, 3.63) is 106 Å². The minimum atomic E-state index is -4.05. The van der Waals surface area contributed by atoms with Crippen LogP contribution in [-0.4, -0.2) is 118 Å². The topological polar surface area (TPSA) is 321 Å². The summed E-state index contributed by atoms with van der Waals surface area (Å²) < 4.78 is 54.0. The number of aliphatic hydroxyl groups is 3. The Labute approximate surface area is 412 Å². The van der Waals surface area contributed by atoms with Crippen LogP contribution in [0.1, 0.15) is 54.0 Å². The number of hydrogen-bond donors (Lipinski definition) is 7. The second kappa shape index (κ2) is 24.8. The zero-order valence-corrected chi connectivity index (χ0v) is 43.2. The van der Waals surface area contributed by atoms with Crippen LogP contribution in [-0.2, 0) is 32.7 Å². The Kier molecular flexibility index (Phi) is 20.7. The first-order valence-corrected chi connectivity index (χ1v) is 27.5. The van der Waals surface area contributed by atoms with E-state index in [1.165, 1.54) is 78.0 Å². The number of anilines is 2. The highest BCUT2D eigenvalue weighted by Gasteiger charge is 2.55. The number of carbonyl (C=O) groups is 2. The van der Waals surface area contributed by atoms with E-state index < -0.39 is 84.4 Å². The van der Waals surface area contributed by atoms with Crippen molar-refractivity contribution in [3.63, 3.8) is 0 Å². The molecule has 380 valence electrons. The number of nitrogens with zero attached hydrogens (tertiary/aromatic N) is 4. The highest BCUT2D eigenvalue weighted by Crippen LogP contribution is 2.51. The van der Waals surface area contributed by atoms with Crippen molar-refractivity contribution < 1.29 is 57.1 Å². The highest BCUT2D eigenvalue weighted by atomic mass is 35.7. The lowest BCUT2D eigenvalue weighted by molar-refractivity contribution is -0.119. The first kappa shape index (κ1) is 57.4.